The predicted molar refractivity (Wildman–Crippen MR) is 67.8 cm³/mol. The third-order valence-corrected chi connectivity index (χ3v) is 2.50. The SMILES string of the molecule is CCOCCN(CC)CC(C)(N)C(=O)OCC. The molecule has 0 saturated carbocycles. The molecule has 0 radical (unpaired) electrons. The van der Waals surface area contributed by atoms with Gasteiger partial charge in [0.1, 0.15) is 5.54 Å². The lowest BCUT2D eigenvalue weighted by molar-refractivity contribution is -0.149. The van der Waals surface area contributed by atoms with Crippen LogP contribution in [-0.2, 0) is 14.3 Å². The highest BCUT2D eigenvalue weighted by molar-refractivity contribution is 5.80. The fourth-order valence-corrected chi connectivity index (χ4v) is 1.51. The third-order valence-electron chi connectivity index (χ3n) is 2.50. The van der Waals surface area contributed by atoms with Gasteiger partial charge in [-0.15, -0.1) is 0 Å². The van der Waals surface area contributed by atoms with Crippen LogP contribution in [0.3, 0.4) is 0 Å². The first-order valence-electron chi connectivity index (χ1n) is 6.24. The second-order valence-electron chi connectivity index (χ2n) is 4.20. The summed E-state index contributed by atoms with van der Waals surface area (Å²) in [6, 6.07) is 0. The van der Waals surface area contributed by atoms with E-state index in [4.69, 9.17) is 15.2 Å². The summed E-state index contributed by atoms with van der Waals surface area (Å²) in [4.78, 5) is 13.7. The lowest BCUT2D eigenvalue weighted by atomic mass is 10.0. The van der Waals surface area contributed by atoms with E-state index in [2.05, 4.69) is 4.90 Å². The Bertz CT molecular complexity index is 220. The van der Waals surface area contributed by atoms with Crippen molar-refractivity contribution in [3.05, 3.63) is 0 Å². The largest absolute Gasteiger partial charge is 0.465 e. The van der Waals surface area contributed by atoms with E-state index in [-0.39, 0.29) is 5.97 Å². The molecule has 5 nitrogen and oxygen atoms in total. The Hall–Kier alpha value is -0.650. The number of nitrogens with zero attached hydrogens (tertiary/aromatic N) is 1. The summed E-state index contributed by atoms with van der Waals surface area (Å²) in [5.41, 5.74) is 5.01. The van der Waals surface area contributed by atoms with E-state index in [1.54, 1.807) is 13.8 Å². The van der Waals surface area contributed by atoms with Crippen LogP contribution in [0.5, 0.6) is 0 Å². The van der Waals surface area contributed by atoms with Crippen LogP contribution in [-0.4, -0.2) is 55.9 Å². The average molecular weight is 246 g/mol. The van der Waals surface area contributed by atoms with Crippen LogP contribution in [0, 0.1) is 0 Å². The molecule has 0 aromatic carbocycles. The molecule has 0 aliphatic carbocycles. The van der Waals surface area contributed by atoms with Crippen molar-refractivity contribution in [2.24, 2.45) is 5.73 Å². The first-order chi connectivity index (χ1) is 7.97. The summed E-state index contributed by atoms with van der Waals surface area (Å²) in [5.74, 6) is -0.352. The molecule has 0 rings (SSSR count). The highest BCUT2D eigenvalue weighted by atomic mass is 16.5. The van der Waals surface area contributed by atoms with Gasteiger partial charge in [-0.2, -0.15) is 0 Å². The van der Waals surface area contributed by atoms with Gasteiger partial charge in [-0.05, 0) is 27.3 Å². The Kier molecular flexibility index (Phi) is 8.12. The van der Waals surface area contributed by atoms with E-state index in [9.17, 15) is 4.79 Å². The van der Waals surface area contributed by atoms with E-state index in [1.807, 2.05) is 13.8 Å². The number of carbonyl (C=O) groups is 1. The molecule has 0 aromatic rings. The summed E-state index contributed by atoms with van der Waals surface area (Å²) in [5, 5.41) is 0. The number of esters is 1. The Morgan fingerprint density at radius 1 is 1.29 bits per heavy atom. The highest BCUT2D eigenvalue weighted by Crippen LogP contribution is 2.06. The second-order valence-corrected chi connectivity index (χ2v) is 4.20. The molecule has 0 heterocycles. The molecule has 1 unspecified atom stereocenters. The molecule has 0 bridgehead atoms. The van der Waals surface area contributed by atoms with Gasteiger partial charge in [0.2, 0.25) is 0 Å². The van der Waals surface area contributed by atoms with E-state index >= 15 is 0 Å². The van der Waals surface area contributed by atoms with Crippen molar-refractivity contribution in [2.45, 2.75) is 33.2 Å². The van der Waals surface area contributed by atoms with Gasteiger partial charge in [-0.3, -0.25) is 9.69 Å². The summed E-state index contributed by atoms with van der Waals surface area (Å²) >= 11 is 0. The molecule has 0 saturated heterocycles. The van der Waals surface area contributed by atoms with Crippen molar-refractivity contribution in [3.63, 3.8) is 0 Å². The van der Waals surface area contributed by atoms with Crippen LogP contribution in [0.1, 0.15) is 27.7 Å². The smallest absolute Gasteiger partial charge is 0.327 e. The van der Waals surface area contributed by atoms with Crippen molar-refractivity contribution >= 4 is 5.97 Å². The number of rotatable bonds is 9. The topological polar surface area (TPSA) is 64.8 Å². The fraction of sp³-hybridized carbons (Fsp3) is 0.917. The molecular formula is C12H26N2O3. The summed E-state index contributed by atoms with van der Waals surface area (Å²) in [6.07, 6.45) is 0. The molecule has 17 heavy (non-hydrogen) atoms. The molecule has 0 aromatic heterocycles. The number of likely N-dealkylation sites (N-methyl/N-ethyl adjacent to an activating group) is 1. The van der Waals surface area contributed by atoms with Gasteiger partial charge in [0.05, 0.1) is 13.2 Å². The normalized spacial score (nSPS) is 14.7. The molecule has 102 valence electrons. The van der Waals surface area contributed by atoms with Crippen molar-refractivity contribution in [3.8, 4) is 0 Å². The number of carbonyl (C=O) groups excluding carboxylic acids is 1. The van der Waals surface area contributed by atoms with Crippen LogP contribution in [0.4, 0.5) is 0 Å². The van der Waals surface area contributed by atoms with E-state index in [1.165, 1.54) is 0 Å². The van der Waals surface area contributed by atoms with E-state index in [0.29, 0.717) is 26.4 Å². The Morgan fingerprint density at radius 3 is 2.41 bits per heavy atom. The first kappa shape index (κ1) is 16.4. The molecule has 0 spiro atoms. The van der Waals surface area contributed by atoms with Gasteiger partial charge in [0.25, 0.3) is 0 Å². The van der Waals surface area contributed by atoms with Crippen molar-refractivity contribution < 1.29 is 14.3 Å². The van der Waals surface area contributed by atoms with Gasteiger partial charge in [-0.1, -0.05) is 6.92 Å². The number of nitrogens with two attached hydrogens (primary N) is 1. The maximum absolute atomic E-state index is 11.6. The van der Waals surface area contributed by atoms with Gasteiger partial charge in [-0.25, -0.2) is 0 Å². The molecule has 5 heteroatoms. The Balaban J connectivity index is 4.18. The van der Waals surface area contributed by atoms with Crippen LogP contribution >= 0.6 is 0 Å². The maximum Gasteiger partial charge on any atom is 0.327 e. The quantitative estimate of drug-likeness (QED) is 0.477. The number of hydrogen-bond donors (Lipinski definition) is 1. The van der Waals surface area contributed by atoms with Crippen molar-refractivity contribution in [1.82, 2.24) is 4.90 Å². The average Bonchev–Trinajstić information content (AvgIpc) is 2.28. The standard InChI is InChI=1S/C12H26N2O3/c1-5-14(8-9-16-6-2)10-12(4,13)11(15)17-7-3/h5-10,13H2,1-4H3. The minimum atomic E-state index is -0.960. The molecule has 1 atom stereocenters. The van der Waals surface area contributed by atoms with E-state index in [0.717, 1.165) is 13.1 Å². The minimum Gasteiger partial charge on any atom is -0.465 e. The fourth-order valence-electron chi connectivity index (χ4n) is 1.51. The van der Waals surface area contributed by atoms with E-state index < -0.39 is 5.54 Å². The van der Waals surface area contributed by atoms with Crippen molar-refractivity contribution in [1.29, 1.82) is 0 Å². The van der Waals surface area contributed by atoms with Gasteiger partial charge in [0.15, 0.2) is 0 Å². The van der Waals surface area contributed by atoms with Gasteiger partial charge >= 0.3 is 5.97 Å². The summed E-state index contributed by atoms with van der Waals surface area (Å²) in [6.45, 7) is 11.3. The molecular weight excluding hydrogens is 220 g/mol. The Labute approximate surface area is 104 Å². The molecule has 0 aliphatic rings. The zero-order valence-corrected chi connectivity index (χ0v) is 11.5. The summed E-state index contributed by atoms with van der Waals surface area (Å²) < 4.78 is 10.2. The monoisotopic (exact) mass is 246 g/mol. The predicted octanol–water partition coefficient (Wildman–Crippen LogP) is 0.625. The van der Waals surface area contributed by atoms with Crippen LogP contribution in [0.15, 0.2) is 0 Å². The molecule has 0 aliphatic heterocycles. The van der Waals surface area contributed by atoms with Crippen LogP contribution in [0.25, 0.3) is 0 Å². The lowest BCUT2D eigenvalue weighted by Gasteiger charge is -2.29. The third kappa shape index (κ3) is 6.61. The first-order valence-corrected chi connectivity index (χ1v) is 6.24. The lowest BCUT2D eigenvalue weighted by Crippen LogP contribution is -2.55. The number of hydrogen-bond acceptors (Lipinski definition) is 5. The maximum atomic E-state index is 11.6. The highest BCUT2D eigenvalue weighted by Gasteiger charge is 2.31. The minimum absolute atomic E-state index is 0.352. The van der Waals surface area contributed by atoms with Crippen molar-refractivity contribution in [2.75, 3.05) is 39.5 Å². The van der Waals surface area contributed by atoms with Gasteiger partial charge < -0.3 is 15.2 Å². The Morgan fingerprint density at radius 2 is 1.94 bits per heavy atom. The van der Waals surface area contributed by atoms with Gasteiger partial charge in [0, 0.05) is 19.7 Å². The summed E-state index contributed by atoms with van der Waals surface area (Å²) in [7, 11) is 0. The second kappa shape index (κ2) is 8.44. The zero-order chi connectivity index (χ0) is 13.3. The zero-order valence-electron chi connectivity index (χ0n) is 11.5. The molecule has 0 fully saturated rings. The van der Waals surface area contributed by atoms with Crippen LogP contribution in [0.2, 0.25) is 0 Å². The van der Waals surface area contributed by atoms with Crippen LogP contribution < -0.4 is 5.73 Å². The molecule has 2 N–H and O–H groups in total. The molecule has 0 amide bonds. The number of ether oxygens (including phenoxy) is 2.